The molecule has 6 rings (SSSR count). The number of aromatic carboxylic acids is 1. The Labute approximate surface area is 282 Å². The van der Waals surface area contributed by atoms with Crippen LogP contribution >= 0.6 is 0 Å². The maximum Gasteiger partial charge on any atom is 0.335 e. The number of benzene rings is 3. The van der Waals surface area contributed by atoms with Gasteiger partial charge >= 0.3 is 5.97 Å². The van der Waals surface area contributed by atoms with E-state index in [2.05, 4.69) is 77.3 Å². The molecule has 250 valence electrons. The Bertz CT molecular complexity index is 2030. The smallest absolute Gasteiger partial charge is 0.335 e. The second-order valence-corrected chi connectivity index (χ2v) is 13.7. The van der Waals surface area contributed by atoms with Crippen molar-refractivity contribution in [1.29, 1.82) is 0 Å². The molecule has 1 amide bonds. The van der Waals surface area contributed by atoms with Gasteiger partial charge in [-0.05, 0) is 118 Å². The van der Waals surface area contributed by atoms with Gasteiger partial charge < -0.3 is 19.3 Å². The molecule has 1 aliphatic rings. The largest absolute Gasteiger partial charge is 0.494 e. The van der Waals surface area contributed by atoms with Gasteiger partial charge in [0.05, 0.1) is 23.4 Å². The first-order chi connectivity index (χ1) is 22.8. The molecule has 2 aromatic heterocycles. The van der Waals surface area contributed by atoms with Crippen molar-refractivity contribution >= 4 is 22.8 Å². The Kier molecular flexibility index (Phi) is 8.94. The van der Waals surface area contributed by atoms with E-state index in [9.17, 15) is 14.7 Å². The van der Waals surface area contributed by atoms with Crippen molar-refractivity contribution in [2.75, 3.05) is 13.2 Å². The first kappa shape index (κ1) is 33.1. The van der Waals surface area contributed by atoms with E-state index in [4.69, 9.17) is 9.84 Å². The van der Waals surface area contributed by atoms with Crippen LogP contribution in [0.2, 0.25) is 0 Å². The topological polar surface area (TPSA) is 89.6 Å². The van der Waals surface area contributed by atoms with Crippen molar-refractivity contribution < 1.29 is 19.4 Å². The molecule has 0 aliphatic carbocycles. The van der Waals surface area contributed by atoms with Gasteiger partial charge in [0.2, 0.25) is 0 Å². The van der Waals surface area contributed by atoms with Crippen molar-refractivity contribution in [3.8, 4) is 16.9 Å². The summed E-state index contributed by atoms with van der Waals surface area (Å²) in [4.78, 5) is 28.1. The number of aryl methyl sites for hydroxylation is 6. The minimum atomic E-state index is -0.961. The molecule has 0 radical (unpaired) electrons. The van der Waals surface area contributed by atoms with Crippen LogP contribution < -0.4 is 4.74 Å². The van der Waals surface area contributed by atoms with Gasteiger partial charge in [-0.2, -0.15) is 5.10 Å². The number of carboxylic acid groups (broad SMARTS) is 1. The predicted molar refractivity (Wildman–Crippen MR) is 190 cm³/mol. The molecule has 0 saturated carbocycles. The molecular formula is C40H46N4O4. The Morgan fingerprint density at radius 2 is 1.62 bits per heavy atom. The highest BCUT2D eigenvalue weighted by Crippen LogP contribution is 2.41. The fourth-order valence-electron chi connectivity index (χ4n) is 7.36. The lowest BCUT2D eigenvalue weighted by atomic mass is 9.94. The summed E-state index contributed by atoms with van der Waals surface area (Å²) in [5.74, 6) is 0.109. The molecule has 8 nitrogen and oxygen atoms in total. The summed E-state index contributed by atoms with van der Waals surface area (Å²) in [7, 11) is 1.98. The van der Waals surface area contributed by atoms with Crippen molar-refractivity contribution in [3.05, 3.63) is 105 Å². The molecular weight excluding hydrogens is 600 g/mol. The predicted octanol–water partition coefficient (Wildman–Crippen LogP) is 7.89. The van der Waals surface area contributed by atoms with Crippen LogP contribution in [0, 0.1) is 47.5 Å². The SMILES string of the molecule is Cc1cc(OCCCc2c3n(c4c(-c5c(C)nn(C)c5C)c(C)ccc24)CC(C)CN(Cc2ccc(C(=O)O)cc2)C3=O)cc(C)c1C. The number of aromatic nitrogens is 3. The number of carbonyl (C=O) groups is 2. The van der Waals surface area contributed by atoms with E-state index < -0.39 is 5.97 Å². The number of fused-ring (bicyclic) bond motifs is 3. The highest BCUT2D eigenvalue weighted by molar-refractivity contribution is 6.07. The molecule has 1 unspecified atom stereocenters. The summed E-state index contributed by atoms with van der Waals surface area (Å²) >= 11 is 0. The second-order valence-electron chi connectivity index (χ2n) is 13.7. The van der Waals surface area contributed by atoms with Gasteiger partial charge in [-0.3, -0.25) is 9.48 Å². The number of hydrogen-bond donors (Lipinski definition) is 1. The van der Waals surface area contributed by atoms with E-state index in [1.165, 1.54) is 16.7 Å². The van der Waals surface area contributed by atoms with E-state index in [0.717, 1.165) is 68.0 Å². The molecule has 1 N–H and O–H groups in total. The average Bonchev–Trinajstić information content (AvgIpc) is 3.43. The highest BCUT2D eigenvalue weighted by Gasteiger charge is 2.33. The molecule has 8 heteroatoms. The number of carboxylic acids is 1. The third-order valence-electron chi connectivity index (χ3n) is 10.1. The Morgan fingerprint density at radius 3 is 2.25 bits per heavy atom. The van der Waals surface area contributed by atoms with Crippen LogP contribution in [-0.2, 0) is 26.6 Å². The molecule has 0 bridgehead atoms. The number of rotatable bonds is 9. The van der Waals surface area contributed by atoms with E-state index in [1.807, 2.05) is 28.8 Å². The third kappa shape index (κ3) is 6.00. The van der Waals surface area contributed by atoms with Crippen LogP contribution in [0.4, 0.5) is 0 Å². The molecule has 1 aliphatic heterocycles. The van der Waals surface area contributed by atoms with Gasteiger partial charge in [0, 0.05) is 48.9 Å². The zero-order chi connectivity index (χ0) is 34.4. The van der Waals surface area contributed by atoms with Crippen molar-refractivity contribution in [3.63, 3.8) is 0 Å². The number of hydrogen-bond acceptors (Lipinski definition) is 4. The number of nitrogens with zero attached hydrogens (tertiary/aromatic N) is 4. The zero-order valence-electron chi connectivity index (χ0n) is 29.4. The van der Waals surface area contributed by atoms with Gasteiger partial charge in [0.15, 0.2) is 0 Å². The molecule has 0 fully saturated rings. The van der Waals surface area contributed by atoms with Crippen molar-refractivity contribution in [2.45, 2.75) is 74.4 Å². The first-order valence-corrected chi connectivity index (χ1v) is 16.8. The Hall–Kier alpha value is -4.85. The van der Waals surface area contributed by atoms with Gasteiger partial charge in [-0.15, -0.1) is 0 Å². The summed E-state index contributed by atoms with van der Waals surface area (Å²) in [5, 5.41) is 15.3. The van der Waals surface area contributed by atoms with Crippen molar-refractivity contribution in [1.82, 2.24) is 19.2 Å². The van der Waals surface area contributed by atoms with Crippen LogP contribution in [0.25, 0.3) is 22.0 Å². The molecule has 5 aromatic rings. The fraction of sp³-hybridized carbons (Fsp3) is 0.375. The Balaban J connectivity index is 1.44. The van der Waals surface area contributed by atoms with E-state index >= 15 is 0 Å². The number of ether oxygens (including phenoxy) is 1. The lowest BCUT2D eigenvalue weighted by Crippen LogP contribution is -2.33. The summed E-state index contributed by atoms with van der Waals surface area (Å²) in [5.41, 5.74) is 13.2. The standard InChI is InChI=1S/C40H46N4O4/c1-23-20-43(22-30-12-14-31(15-13-30)40(46)47)39(45)38-33(10-9-17-48-32-18-25(3)27(5)26(4)19-32)34-16-11-24(2)35(37(34)44(38)21-23)36-28(6)41-42(8)29(36)7/h11-16,18-19,23H,9-10,17,20-22H2,1-8H3,(H,46,47). The first-order valence-electron chi connectivity index (χ1n) is 16.8. The fourth-order valence-corrected chi connectivity index (χ4v) is 7.36. The quantitative estimate of drug-likeness (QED) is 0.165. The molecule has 0 spiro atoms. The van der Waals surface area contributed by atoms with E-state index in [-0.39, 0.29) is 17.4 Å². The lowest BCUT2D eigenvalue weighted by molar-refractivity contribution is 0.0693. The van der Waals surface area contributed by atoms with E-state index in [1.54, 1.807) is 12.1 Å². The van der Waals surface area contributed by atoms with Crippen LogP contribution in [0.3, 0.4) is 0 Å². The molecule has 3 heterocycles. The summed E-state index contributed by atoms with van der Waals surface area (Å²) in [6.45, 7) is 17.1. The monoisotopic (exact) mass is 646 g/mol. The minimum Gasteiger partial charge on any atom is -0.494 e. The zero-order valence-corrected chi connectivity index (χ0v) is 29.4. The normalized spacial score (nSPS) is 14.8. The van der Waals surface area contributed by atoms with Gasteiger partial charge in [-0.1, -0.05) is 31.2 Å². The maximum absolute atomic E-state index is 14.7. The maximum atomic E-state index is 14.7. The van der Waals surface area contributed by atoms with Crippen molar-refractivity contribution in [2.24, 2.45) is 13.0 Å². The number of carbonyl (C=O) groups excluding carboxylic acids is 1. The van der Waals surface area contributed by atoms with Gasteiger partial charge in [0.25, 0.3) is 5.91 Å². The summed E-state index contributed by atoms with van der Waals surface area (Å²) < 4.78 is 10.5. The molecule has 48 heavy (non-hydrogen) atoms. The van der Waals surface area contributed by atoms with Crippen LogP contribution in [0.5, 0.6) is 5.75 Å². The van der Waals surface area contributed by atoms with Crippen LogP contribution in [0.15, 0.2) is 48.5 Å². The third-order valence-corrected chi connectivity index (χ3v) is 10.1. The van der Waals surface area contributed by atoms with Gasteiger partial charge in [-0.25, -0.2) is 4.79 Å². The summed E-state index contributed by atoms with van der Waals surface area (Å²) in [6.07, 6.45) is 1.45. The average molecular weight is 647 g/mol. The van der Waals surface area contributed by atoms with E-state index in [0.29, 0.717) is 32.7 Å². The highest BCUT2D eigenvalue weighted by atomic mass is 16.5. The Morgan fingerprint density at radius 1 is 0.938 bits per heavy atom. The molecule has 1 atom stereocenters. The van der Waals surface area contributed by atoms with Gasteiger partial charge in [0.1, 0.15) is 11.4 Å². The second kappa shape index (κ2) is 13.0. The minimum absolute atomic E-state index is 0.00166. The van der Waals surface area contributed by atoms with Crippen LogP contribution in [0.1, 0.15) is 79.0 Å². The lowest BCUT2D eigenvalue weighted by Gasteiger charge is -2.23. The molecule has 0 saturated heterocycles. The molecule has 3 aromatic carbocycles. The van der Waals surface area contributed by atoms with Crippen LogP contribution in [-0.4, -0.2) is 49.4 Å². The number of amides is 1. The summed E-state index contributed by atoms with van der Waals surface area (Å²) in [6, 6.07) is 15.4.